The van der Waals surface area contributed by atoms with Crippen LogP contribution >= 0.6 is 0 Å². The van der Waals surface area contributed by atoms with Gasteiger partial charge >= 0.3 is 0 Å². The lowest BCUT2D eigenvalue weighted by molar-refractivity contribution is -0.0417. The fourth-order valence-corrected chi connectivity index (χ4v) is 1.85. The minimum absolute atomic E-state index is 0.113. The number of nitrogens with zero attached hydrogens (tertiary/aromatic N) is 2. The Morgan fingerprint density at radius 3 is 2.67 bits per heavy atom. The molecule has 1 aromatic heterocycles. The molecule has 100 valence electrons. The zero-order chi connectivity index (χ0) is 13.4. The fourth-order valence-electron chi connectivity index (χ4n) is 1.85. The first-order chi connectivity index (χ1) is 8.47. The summed E-state index contributed by atoms with van der Waals surface area (Å²) in [6, 6.07) is 0. The second-order valence-corrected chi connectivity index (χ2v) is 3.95. The number of amides is 1. The average molecular weight is 260 g/mol. The standard InChI is InChI=1S/C9H13FN4O4/c10-1-3-5(15)6(16)9(18-3)14-2-13-4(7(14)11)8(12)17/h2-3,5-6,9,15-16H,1,11H2,(H2,12,17)/t3-,5-,6-,9-/m1/s1. The van der Waals surface area contributed by atoms with Gasteiger partial charge in [0.2, 0.25) is 0 Å². The number of nitrogen functional groups attached to an aromatic ring is 1. The molecule has 0 unspecified atom stereocenters. The summed E-state index contributed by atoms with van der Waals surface area (Å²) in [7, 11) is 0. The summed E-state index contributed by atoms with van der Waals surface area (Å²) in [5.41, 5.74) is 10.5. The van der Waals surface area contributed by atoms with E-state index in [9.17, 15) is 19.4 Å². The van der Waals surface area contributed by atoms with Gasteiger partial charge in [-0.2, -0.15) is 0 Å². The van der Waals surface area contributed by atoms with Crippen LogP contribution in [-0.2, 0) is 4.74 Å². The summed E-state index contributed by atoms with van der Waals surface area (Å²) >= 11 is 0. The van der Waals surface area contributed by atoms with Crippen molar-refractivity contribution >= 4 is 11.7 Å². The summed E-state index contributed by atoms with van der Waals surface area (Å²) in [4.78, 5) is 14.6. The number of halogens is 1. The zero-order valence-electron chi connectivity index (χ0n) is 9.23. The van der Waals surface area contributed by atoms with Gasteiger partial charge in [0.05, 0.1) is 6.33 Å². The van der Waals surface area contributed by atoms with Crippen molar-refractivity contribution in [1.29, 1.82) is 0 Å². The molecule has 0 aromatic carbocycles. The topological polar surface area (TPSA) is 137 Å². The van der Waals surface area contributed by atoms with Crippen molar-refractivity contribution in [1.82, 2.24) is 9.55 Å². The van der Waals surface area contributed by atoms with Crippen LogP contribution in [0.1, 0.15) is 16.7 Å². The Labute approximate surface area is 101 Å². The lowest BCUT2D eigenvalue weighted by Gasteiger charge is -2.17. The van der Waals surface area contributed by atoms with Crippen LogP contribution in [0.5, 0.6) is 0 Å². The van der Waals surface area contributed by atoms with E-state index in [1.54, 1.807) is 0 Å². The molecule has 1 amide bonds. The predicted octanol–water partition coefficient (Wildman–Crippen LogP) is -1.85. The number of carbonyl (C=O) groups is 1. The van der Waals surface area contributed by atoms with E-state index in [1.807, 2.05) is 0 Å². The number of aliphatic hydroxyl groups excluding tert-OH is 2. The second kappa shape index (κ2) is 4.52. The Morgan fingerprint density at radius 2 is 2.22 bits per heavy atom. The summed E-state index contributed by atoms with van der Waals surface area (Å²) < 4.78 is 18.8. The molecule has 1 fully saturated rings. The molecule has 0 aliphatic carbocycles. The van der Waals surface area contributed by atoms with Crippen molar-refractivity contribution in [2.24, 2.45) is 5.73 Å². The summed E-state index contributed by atoms with van der Waals surface area (Å²) in [5.74, 6) is -0.945. The maximum Gasteiger partial charge on any atom is 0.271 e. The molecule has 18 heavy (non-hydrogen) atoms. The third-order valence-electron chi connectivity index (χ3n) is 2.83. The molecule has 4 atom stereocenters. The van der Waals surface area contributed by atoms with E-state index < -0.39 is 37.1 Å². The van der Waals surface area contributed by atoms with E-state index >= 15 is 0 Å². The van der Waals surface area contributed by atoms with E-state index in [-0.39, 0.29) is 11.5 Å². The minimum atomic E-state index is -1.38. The van der Waals surface area contributed by atoms with Gasteiger partial charge in [0, 0.05) is 0 Å². The number of hydrogen-bond donors (Lipinski definition) is 4. The molecule has 1 aromatic rings. The van der Waals surface area contributed by atoms with Gasteiger partial charge in [-0.25, -0.2) is 9.37 Å². The zero-order valence-corrected chi connectivity index (χ0v) is 9.23. The molecule has 0 bridgehead atoms. The van der Waals surface area contributed by atoms with Crippen molar-refractivity contribution in [2.75, 3.05) is 12.4 Å². The molecular weight excluding hydrogens is 247 g/mol. The van der Waals surface area contributed by atoms with Crippen LogP contribution in [0.2, 0.25) is 0 Å². The van der Waals surface area contributed by atoms with Crippen molar-refractivity contribution < 1.29 is 24.1 Å². The lowest BCUT2D eigenvalue weighted by Crippen LogP contribution is -2.32. The van der Waals surface area contributed by atoms with Crippen LogP contribution in [0.3, 0.4) is 0 Å². The number of carbonyl (C=O) groups excluding carboxylic acids is 1. The summed E-state index contributed by atoms with van der Waals surface area (Å²) in [5, 5.41) is 19.2. The molecular formula is C9H13FN4O4. The molecule has 0 spiro atoms. The van der Waals surface area contributed by atoms with Gasteiger partial charge in [-0.1, -0.05) is 0 Å². The highest BCUT2D eigenvalue weighted by Gasteiger charge is 2.44. The molecule has 0 radical (unpaired) electrons. The third kappa shape index (κ3) is 1.82. The number of primary amides is 1. The van der Waals surface area contributed by atoms with Crippen LogP contribution in [0.15, 0.2) is 6.33 Å². The number of alkyl halides is 1. The van der Waals surface area contributed by atoms with Gasteiger partial charge in [-0.3, -0.25) is 9.36 Å². The van der Waals surface area contributed by atoms with Crippen molar-refractivity contribution in [2.45, 2.75) is 24.5 Å². The normalized spacial score (nSPS) is 31.7. The van der Waals surface area contributed by atoms with E-state index in [0.717, 1.165) is 10.9 Å². The number of aliphatic hydroxyl groups is 2. The Kier molecular flexibility index (Phi) is 3.20. The quantitative estimate of drug-likeness (QED) is 0.503. The van der Waals surface area contributed by atoms with Gasteiger partial charge in [0.25, 0.3) is 5.91 Å². The van der Waals surface area contributed by atoms with Crippen LogP contribution < -0.4 is 11.5 Å². The Balaban J connectivity index is 2.30. The number of ether oxygens (including phenoxy) is 1. The van der Waals surface area contributed by atoms with Crippen LogP contribution in [-0.4, -0.2) is 50.7 Å². The Morgan fingerprint density at radius 1 is 1.56 bits per heavy atom. The van der Waals surface area contributed by atoms with Gasteiger partial charge in [0.1, 0.15) is 30.8 Å². The summed E-state index contributed by atoms with van der Waals surface area (Å²) in [6.07, 6.45) is -3.87. The van der Waals surface area contributed by atoms with Crippen LogP contribution in [0.4, 0.5) is 10.2 Å². The highest BCUT2D eigenvalue weighted by Crippen LogP contribution is 2.31. The van der Waals surface area contributed by atoms with Gasteiger partial charge in [0.15, 0.2) is 11.9 Å². The third-order valence-corrected chi connectivity index (χ3v) is 2.83. The molecule has 9 heteroatoms. The number of nitrogens with two attached hydrogens (primary N) is 2. The summed E-state index contributed by atoms with van der Waals surface area (Å²) in [6.45, 7) is -0.952. The number of imidazole rings is 1. The maximum absolute atomic E-state index is 12.5. The first kappa shape index (κ1) is 12.7. The molecule has 1 aliphatic heterocycles. The largest absolute Gasteiger partial charge is 0.387 e. The Bertz CT molecular complexity index is 465. The molecule has 2 heterocycles. The fraction of sp³-hybridized carbons (Fsp3) is 0.556. The highest BCUT2D eigenvalue weighted by molar-refractivity contribution is 5.95. The monoisotopic (exact) mass is 260 g/mol. The van der Waals surface area contributed by atoms with E-state index in [2.05, 4.69) is 4.98 Å². The molecule has 1 saturated heterocycles. The highest BCUT2D eigenvalue weighted by atomic mass is 19.1. The minimum Gasteiger partial charge on any atom is -0.387 e. The first-order valence-electron chi connectivity index (χ1n) is 5.17. The van der Waals surface area contributed by atoms with Gasteiger partial charge in [-0.05, 0) is 0 Å². The molecule has 8 nitrogen and oxygen atoms in total. The molecule has 0 saturated carbocycles. The number of aromatic nitrogens is 2. The predicted molar refractivity (Wildman–Crippen MR) is 57.1 cm³/mol. The second-order valence-electron chi connectivity index (χ2n) is 3.95. The number of hydrogen-bond acceptors (Lipinski definition) is 6. The Hall–Kier alpha value is -1.71. The maximum atomic E-state index is 12.5. The molecule has 6 N–H and O–H groups in total. The molecule has 1 aliphatic rings. The smallest absolute Gasteiger partial charge is 0.271 e. The first-order valence-corrected chi connectivity index (χ1v) is 5.17. The van der Waals surface area contributed by atoms with E-state index in [4.69, 9.17) is 16.2 Å². The number of rotatable bonds is 3. The van der Waals surface area contributed by atoms with Crippen LogP contribution in [0.25, 0.3) is 0 Å². The van der Waals surface area contributed by atoms with Crippen LogP contribution in [0, 0.1) is 0 Å². The van der Waals surface area contributed by atoms with Crippen molar-refractivity contribution in [3.05, 3.63) is 12.0 Å². The van der Waals surface area contributed by atoms with Crippen molar-refractivity contribution in [3.8, 4) is 0 Å². The molecule has 2 rings (SSSR count). The average Bonchev–Trinajstić information content (AvgIpc) is 2.82. The SMILES string of the molecule is NC(=O)c1ncn([C@@H]2O[C@H](CF)[C@@H](O)[C@H]2O)c1N. The van der Waals surface area contributed by atoms with E-state index in [1.165, 1.54) is 0 Å². The van der Waals surface area contributed by atoms with Gasteiger partial charge in [-0.15, -0.1) is 0 Å². The lowest BCUT2D eigenvalue weighted by atomic mass is 10.1. The van der Waals surface area contributed by atoms with Gasteiger partial charge < -0.3 is 26.4 Å². The number of anilines is 1. The van der Waals surface area contributed by atoms with E-state index in [0.29, 0.717) is 0 Å². The van der Waals surface area contributed by atoms with Crippen molar-refractivity contribution in [3.63, 3.8) is 0 Å².